The fourth-order valence-corrected chi connectivity index (χ4v) is 4.43. The molecular formula is C34H43N3O9. The molecule has 1 aliphatic carbocycles. The fourth-order valence-electron chi connectivity index (χ4n) is 4.43. The Labute approximate surface area is 269 Å². The van der Waals surface area contributed by atoms with Crippen LogP contribution < -0.4 is 15.4 Å². The standard InChI is InChI=1S/C34H43N3O9/c1-8-20(3)28(37-33(42)46-34(4,5)6)31(40)44-14-15-45-32(41)29-24(12-13-26(36-29)30(39)35-18-21-10-11-21)25-17-27(43-7)22(9-2)16-23(25)19-38/h9,12-13,16-17,19-21,28H,2,8,10-11,14-15,18H2,1,3-7H3,(H,35,39)(H,37,42)/t20?,28-/m0/s1. The van der Waals surface area contributed by atoms with Gasteiger partial charge >= 0.3 is 18.0 Å². The van der Waals surface area contributed by atoms with Crippen LogP contribution in [-0.2, 0) is 19.0 Å². The predicted molar refractivity (Wildman–Crippen MR) is 171 cm³/mol. The summed E-state index contributed by atoms with van der Waals surface area (Å²) < 4.78 is 21.5. The normalized spacial score (nSPS) is 13.9. The van der Waals surface area contributed by atoms with Gasteiger partial charge in [-0.1, -0.05) is 32.9 Å². The molecule has 0 saturated heterocycles. The summed E-state index contributed by atoms with van der Waals surface area (Å²) in [6, 6.07) is 5.15. The minimum absolute atomic E-state index is 0.00489. The Hall–Kier alpha value is -4.74. The van der Waals surface area contributed by atoms with Crippen molar-refractivity contribution in [3.05, 3.63) is 53.4 Å². The molecule has 248 valence electrons. The molecule has 3 rings (SSSR count). The van der Waals surface area contributed by atoms with Crippen molar-refractivity contribution < 1.29 is 42.9 Å². The van der Waals surface area contributed by atoms with Crippen molar-refractivity contribution in [2.45, 2.75) is 65.5 Å². The highest BCUT2D eigenvalue weighted by Crippen LogP contribution is 2.33. The van der Waals surface area contributed by atoms with Gasteiger partial charge in [0.2, 0.25) is 0 Å². The molecule has 1 heterocycles. The van der Waals surface area contributed by atoms with E-state index < -0.39 is 35.6 Å². The number of hydrogen-bond donors (Lipinski definition) is 2. The molecule has 1 aromatic heterocycles. The third-order valence-electron chi connectivity index (χ3n) is 7.31. The first kappa shape index (κ1) is 35.7. The van der Waals surface area contributed by atoms with Crippen molar-refractivity contribution in [2.75, 3.05) is 26.9 Å². The number of nitrogens with one attached hydrogen (secondary N) is 2. The highest BCUT2D eigenvalue weighted by atomic mass is 16.6. The molecule has 0 aliphatic heterocycles. The lowest BCUT2D eigenvalue weighted by molar-refractivity contribution is -0.148. The third kappa shape index (κ3) is 9.88. The monoisotopic (exact) mass is 637 g/mol. The number of pyridine rings is 1. The predicted octanol–water partition coefficient (Wildman–Crippen LogP) is 4.99. The number of hydrogen-bond acceptors (Lipinski definition) is 10. The number of amides is 2. The van der Waals surface area contributed by atoms with Gasteiger partial charge in [-0.3, -0.25) is 9.59 Å². The molecule has 2 aromatic rings. The van der Waals surface area contributed by atoms with Gasteiger partial charge in [0.25, 0.3) is 5.91 Å². The van der Waals surface area contributed by atoms with Gasteiger partial charge in [0.15, 0.2) is 12.0 Å². The van der Waals surface area contributed by atoms with Gasteiger partial charge in [-0.05, 0) is 75.3 Å². The molecule has 1 saturated carbocycles. The number of aldehydes is 1. The van der Waals surface area contributed by atoms with Gasteiger partial charge in [0.1, 0.15) is 36.3 Å². The van der Waals surface area contributed by atoms with Gasteiger partial charge in [0, 0.05) is 23.2 Å². The summed E-state index contributed by atoms with van der Waals surface area (Å²) in [5.41, 5.74) is 0.393. The quantitative estimate of drug-likeness (QED) is 0.118. The van der Waals surface area contributed by atoms with Crippen LogP contribution in [0.5, 0.6) is 5.75 Å². The molecule has 1 fully saturated rings. The molecule has 2 atom stereocenters. The lowest BCUT2D eigenvalue weighted by Crippen LogP contribution is -2.47. The largest absolute Gasteiger partial charge is 0.496 e. The molecule has 2 N–H and O–H groups in total. The Balaban J connectivity index is 1.81. The van der Waals surface area contributed by atoms with Crippen molar-refractivity contribution >= 4 is 36.3 Å². The second kappa shape index (κ2) is 16.0. The fraction of sp³-hybridized carbons (Fsp3) is 0.471. The SMILES string of the molecule is C=Cc1cc(C=O)c(-c2ccc(C(=O)NCC3CC3)nc2C(=O)OCCOC(=O)[C@@H](NC(=O)OC(C)(C)C)C(C)CC)cc1OC. The van der Waals surface area contributed by atoms with E-state index in [1.807, 2.05) is 6.92 Å². The van der Waals surface area contributed by atoms with Crippen LogP contribution in [0.3, 0.4) is 0 Å². The zero-order valence-corrected chi connectivity index (χ0v) is 27.3. The molecule has 0 spiro atoms. The summed E-state index contributed by atoms with van der Waals surface area (Å²) in [4.78, 5) is 67.8. The van der Waals surface area contributed by atoms with E-state index in [-0.39, 0.29) is 41.6 Å². The minimum Gasteiger partial charge on any atom is -0.496 e. The van der Waals surface area contributed by atoms with Crippen LogP contribution in [0.25, 0.3) is 17.2 Å². The second-order valence-electron chi connectivity index (χ2n) is 12.1. The van der Waals surface area contributed by atoms with Crippen molar-refractivity contribution in [1.29, 1.82) is 0 Å². The highest BCUT2D eigenvalue weighted by Gasteiger charge is 2.30. The molecule has 12 nitrogen and oxygen atoms in total. The van der Waals surface area contributed by atoms with Crippen LogP contribution in [0.15, 0.2) is 30.8 Å². The van der Waals surface area contributed by atoms with Crippen molar-refractivity contribution in [2.24, 2.45) is 11.8 Å². The lowest BCUT2D eigenvalue weighted by Gasteiger charge is -2.25. The number of carbonyl (C=O) groups is 5. The van der Waals surface area contributed by atoms with E-state index in [9.17, 15) is 24.0 Å². The summed E-state index contributed by atoms with van der Waals surface area (Å²) in [6.07, 6.45) is 4.07. The van der Waals surface area contributed by atoms with Crippen molar-refractivity contribution in [3.63, 3.8) is 0 Å². The molecule has 0 radical (unpaired) electrons. The number of aromatic nitrogens is 1. The topological polar surface area (TPSA) is 159 Å². The molecule has 1 unspecified atom stereocenters. The van der Waals surface area contributed by atoms with E-state index in [2.05, 4.69) is 22.2 Å². The maximum atomic E-state index is 13.4. The van der Waals surface area contributed by atoms with Crippen LogP contribution in [0, 0.1) is 11.8 Å². The first-order chi connectivity index (χ1) is 21.8. The zero-order chi connectivity index (χ0) is 34.0. The number of nitrogens with zero attached hydrogens (tertiary/aromatic N) is 1. The van der Waals surface area contributed by atoms with Crippen LogP contribution in [0.1, 0.15) is 90.8 Å². The average molecular weight is 638 g/mol. The first-order valence-electron chi connectivity index (χ1n) is 15.2. The summed E-state index contributed by atoms with van der Waals surface area (Å²) >= 11 is 0. The van der Waals surface area contributed by atoms with Gasteiger partial charge in [0.05, 0.1) is 7.11 Å². The molecule has 0 bridgehead atoms. The Bertz CT molecular complexity index is 1460. The van der Waals surface area contributed by atoms with E-state index >= 15 is 0 Å². The highest BCUT2D eigenvalue weighted by molar-refractivity contribution is 6.01. The summed E-state index contributed by atoms with van der Waals surface area (Å²) in [7, 11) is 1.46. The molecule has 12 heteroatoms. The Kier molecular flexibility index (Phi) is 12.4. The molecule has 1 aromatic carbocycles. The van der Waals surface area contributed by atoms with Crippen LogP contribution in [0.2, 0.25) is 0 Å². The second-order valence-corrected chi connectivity index (χ2v) is 12.1. The zero-order valence-electron chi connectivity index (χ0n) is 27.3. The Morgan fingerprint density at radius 3 is 2.35 bits per heavy atom. The number of benzene rings is 1. The van der Waals surface area contributed by atoms with Crippen LogP contribution >= 0.6 is 0 Å². The van der Waals surface area contributed by atoms with Gasteiger partial charge in [-0.2, -0.15) is 0 Å². The molecule has 1 aliphatic rings. The maximum absolute atomic E-state index is 13.4. The first-order valence-corrected chi connectivity index (χ1v) is 15.2. The molecule has 46 heavy (non-hydrogen) atoms. The van der Waals surface area contributed by atoms with Crippen LogP contribution in [-0.4, -0.2) is 73.7 Å². The Morgan fingerprint density at radius 1 is 1.07 bits per heavy atom. The van der Waals surface area contributed by atoms with E-state index in [4.69, 9.17) is 18.9 Å². The number of alkyl carbamates (subject to hydrolysis) is 1. The molecular weight excluding hydrogens is 594 g/mol. The van der Waals surface area contributed by atoms with E-state index in [1.54, 1.807) is 39.8 Å². The summed E-state index contributed by atoms with van der Waals surface area (Å²) in [5.74, 6) is -1.50. The number of carbonyl (C=O) groups excluding carboxylic acids is 5. The van der Waals surface area contributed by atoms with E-state index in [1.165, 1.54) is 25.3 Å². The van der Waals surface area contributed by atoms with Gasteiger partial charge < -0.3 is 29.6 Å². The lowest BCUT2D eigenvalue weighted by atomic mass is 9.95. The average Bonchev–Trinajstić information content (AvgIpc) is 3.86. The summed E-state index contributed by atoms with van der Waals surface area (Å²) in [5, 5.41) is 5.38. The third-order valence-corrected chi connectivity index (χ3v) is 7.31. The van der Waals surface area contributed by atoms with E-state index in [0.717, 1.165) is 12.8 Å². The number of ether oxygens (including phenoxy) is 4. The summed E-state index contributed by atoms with van der Waals surface area (Å²) in [6.45, 7) is 12.4. The van der Waals surface area contributed by atoms with Crippen LogP contribution in [0.4, 0.5) is 4.79 Å². The maximum Gasteiger partial charge on any atom is 0.408 e. The minimum atomic E-state index is -0.982. The van der Waals surface area contributed by atoms with Gasteiger partial charge in [-0.15, -0.1) is 0 Å². The van der Waals surface area contributed by atoms with Crippen molar-refractivity contribution in [1.82, 2.24) is 15.6 Å². The smallest absolute Gasteiger partial charge is 0.408 e. The van der Waals surface area contributed by atoms with E-state index in [0.29, 0.717) is 42.0 Å². The number of methoxy groups -OCH3 is 1. The molecule has 2 amide bonds. The number of rotatable bonds is 15. The number of esters is 2. The van der Waals surface area contributed by atoms with Gasteiger partial charge in [-0.25, -0.2) is 19.4 Å². The Morgan fingerprint density at radius 2 is 1.76 bits per heavy atom. The van der Waals surface area contributed by atoms with Crippen molar-refractivity contribution in [3.8, 4) is 16.9 Å².